The molecule has 6 nitrogen and oxygen atoms in total. The fourth-order valence-corrected chi connectivity index (χ4v) is 2.72. The molecule has 0 spiro atoms. The van der Waals surface area contributed by atoms with Gasteiger partial charge in [-0.3, -0.25) is 0 Å². The van der Waals surface area contributed by atoms with E-state index in [1.165, 1.54) is 0 Å². The van der Waals surface area contributed by atoms with Gasteiger partial charge in [0.25, 0.3) is 0 Å². The van der Waals surface area contributed by atoms with Gasteiger partial charge in [-0.25, -0.2) is 4.98 Å². The van der Waals surface area contributed by atoms with Crippen LogP contribution < -0.4 is 9.80 Å². The summed E-state index contributed by atoms with van der Waals surface area (Å²) >= 11 is 0. The predicted octanol–water partition coefficient (Wildman–Crippen LogP) is 2.37. The number of pyridine rings is 1. The minimum Gasteiger partial charge on any atom is -0.352 e. The summed E-state index contributed by atoms with van der Waals surface area (Å²) in [5.41, 5.74) is 1.61. The molecule has 1 aliphatic rings. The molecule has 2 aromatic heterocycles. The van der Waals surface area contributed by atoms with Crippen LogP contribution in [0.25, 0.3) is 0 Å². The van der Waals surface area contributed by atoms with E-state index in [9.17, 15) is 5.26 Å². The smallest absolute Gasteiger partial charge is 0.151 e. The standard InChI is InChI=1S/C18H22N6/c1-18(2,3)15-7-8-16(22-21-15)24-11-14(12-24)23(4)17-13(10-19)6-5-9-20-17/h5-9,14H,11-12H2,1-4H3. The van der Waals surface area contributed by atoms with Crippen molar-refractivity contribution in [3.8, 4) is 6.07 Å². The van der Waals surface area contributed by atoms with Gasteiger partial charge in [0, 0.05) is 31.7 Å². The molecule has 0 saturated carbocycles. The zero-order valence-electron chi connectivity index (χ0n) is 14.6. The number of hydrogen-bond acceptors (Lipinski definition) is 6. The second-order valence-electron chi connectivity index (χ2n) is 7.18. The Hall–Kier alpha value is -2.68. The minimum absolute atomic E-state index is 0.00983. The molecule has 0 bridgehead atoms. The number of nitriles is 1. The maximum atomic E-state index is 9.22. The Morgan fingerprint density at radius 1 is 1.21 bits per heavy atom. The van der Waals surface area contributed by atoms with Gasteiger partial charge in [-0.05, 0) is 24.3 Å². The number of hydrogen-bond donors (Lipinski definition) is 0. The van der Waals surface area contributed by atoms with Gasteiger partial charge in [0.1, 0.15) is 11.9 Å². The summed E-state index contributed by atoms with van der Waals surface area (Å²) in [6, 6.07) is 10.2. The van der Waals surface area contributed by atoms with Gasteiger partial charge in [0.15, 0.2) is 5.82 Å². The van der Waals surface area contributed by atoms with Gasteiger partial charge in [0.05, 0.1) is 17.3 Å². The van der Waals surface area contributed by atoms with E-state index in [-0.39, 0.29) is 5.41 Å². The first-order chi connectivity index (χ1) is 11.4. The quantitative estimate of drug-likeness (QED) is 0.864. The lowest BCUT2D eigenvalue weighted by Crippen LogP contribution is -2.59. The average Bonchev–Trinajstić information content (AvgIpc) is 2.53. The first kappa shape index (κ1) is 16.2. The van der Waals surface area contributed by atoms with Gasteiger partial charge in [-0.15, -0.1) is 5.10 Å². The molecule has 0 radical (unpaired) electrons. The number of nitrogens with zero attached hydrogens (tertiary/aromatic N) is 6. The molecule has 1 aliphatic heterocycles. The average molecular weight is 322 g/mol. The number of anilines is 2. The molecule has 6 heteroatoms. The Balaban J connectivity index is 1.66. The van der Waals surface area contributed by atoms with Crippen LogP contribution in [0.5, 0.6) is 0 Å². The van der Waals surface area contributed by atoms with E-state index >= 15 is 0 Å². The van der Waals surface area contributed by atoms with Crippen LogP contribution in [0.1, 0.15) is 32.0 Å². The third kappa shape index (κ3) is 3.02. The molecular weight excluding hydrogens is 300 g/mol. The van der Waals surface area contributed by atoms with E-state index in [1.807, 2.05) is 19.2 Å². The van der Waals surface area contributed by atoms with Crippen molar-refractivity contribution in [3.05, 3.63) is 41.7 Å². The van der Waals surface area contributed by atoms with Crippen LogP contribution in [0.4, 0.5) is 11.6 Å². The number of rotatable bonds is 3. The summed E-state index contributed by atoms with van der Waals surface area (Å²) < 4.78 is 0. The lowest BCUT2D eigenvalue weighted by molar-refractivity contribution is 0.485. The molecule has 0 N–H and O–H groups in total. The Morgan fingerprint density at radius 3 is 2.54 bits per heavy atom. The van der Waals surface area contributed by atoms with Crippen molar-refractivity contribution in [2.24, 2.45) is 0 Å². The molecule has 0 atom stereocenters. The molecule has 1 saturated heterocycles. The Kier molecular flexibility index (Phi) is 4.10. The van der Waals surface area contributed by atoms with Crippen LogP contribution in [0, 0.1) is 11.3 Å². The van der Waals surface area contributed by atoms with Crippen LogP contribution in [0.3, 0.4) is 0 Å². The number of aromatic nitrogens is 3. The molecule has 24 heavy (non-hydrogen) atoms. The third-order valence-corrected chi connectivity index (χ3v) is 4.39. The van der Waals surface area contributed by atoms with Crippen molar-refractivity contribution in [2.45, 2.75) is 32.2 Å². The zero-order valence-corrected chi connectivity index (χ0v) is 14.6. The summed E-state index contributed by atoms with van der Waals surface area (Å²) in [6.45, 7) is 8.09. The van der Waals surface area contributed by atoms with Gasteiger partial charge in [-0.2, -0.15) is 10.4 Å². The van der Waals surface area contributed by atoms with Crippen LogP contribution in [-0.2, 0) is 5.41 Å². The van der Waals surface area contributed by atoms with Crippen LogP contribution in [-0.4, -0.2) is 41.4 Å². The molecule has 3 rings (SSSR count). The van der Waals surface area contributed by atoms with Crippen molar-refractivity contribution < 1.29 is 0 Å². The maximum absolute atomic E-state index is 9.22. The highest BCUT2D eigenvalue weighted by molar-refractivity contribution is 5.56. The van der Waals surface area contributed by atoms with E-state index in [0.717, 1.165) is 30.4 Å². The summed E-state index contributed by atoms with van der Waals surface area (Å²) in [7, 11) is 1.99. The lowest BCUT2D eigenvalue weighted by Gasteiger charge is -2.45. The molecule has 0 amide bonds. The van der Waals surface area contributed by atoms with Crippen molar-refractivity contribution >= 4 is 11.6 Å². The van der Waals surface area contributed by atoms with E-state index in [0.29, 0.717) is 11.6 Å². The molecular formula is C18H22N6. The van der Waals surface area contributed by atoms with Crippen LogP contribution in [0.15, 0.2) is 30.5 Å². The van der Waals surface area contributed by atoms with Crippen molar-refractivity contribution in [2.75, 3.05) is 29.9 Å². The second kappa shape index (κ2) is 6.08. The van der Waals surface area contributed by atoms with E-state index in [2.05, 4.69) is 51.8 Å². The zero-order chi connectivity index (χ0) is 17.3. The van der Waals surface area contributed by atoms with E-state index in [1.54, 1.807) is 18.3 Å². The van der Waals surface area contributed by atoms with Crippen LogP contribution >= 0.6 is 0 Å². The van der Waals surface area contributed by atoms with Crippen LogP contribution in [0.2, 0.25) is 0 Å². The van der Waals surface area contributed by atoms with E-state index in [4.69, 9.17) is 0 Å². The minimum atomic E-state index is 0.00983. The molecule has 0 aliphatic carbocycles. The normalized spacial score (nSPS) is 14.9. The highest BCUT2D eigenvalue weighted by Crippen LogP contribution is 2.26. The Bertz CT molecular complexity index is 750. The maximum Gasteiger partial charge on any atom is 0.151 e. The van der Waals surface area contributed by atoms with Crippen molar-refractivity contribution in [3.63, 3.8) is 0 Å². The second-order valence-corrected chi connectivity index (χ2v) is 7.18. The fraction of sp³-hybridized carbons (Fsp3) is 0.444. The van der Waals surface area contributed by atoms with Crippen molar-refractivity contribution in [1.29, 1.82) is 5.26 Å². The molecule has 0 aromatic carbocycles. The van der Waals surface area contributed by atoms with Gasteiger partial charge < -0.3 is 9.80 Å². The van der Waals surface area contributed by atoms with Gasteiger partial charge in [-0.1, -0.05) is 20.8 Å². The molecule has 124 valence electrons. The lowest BCUT2D eigenvalue weighted by atomic mass is 9.92. The highest BCUT2D eigenvalue weighted by Gasteiger charge is 2.32. The summed E-state index contributed by atoms with van der Waals surface area (Å²) in [5.74, 6) is 1.63. The highest BCUT2D eigenvalue weighted by atomic mass is 15.4. The predicted molar refractivity (Wildman–Crippen MR) is 94.1 cm³/mol. The molecule has 1 fully saturated rings. The van der Waals surface area contributed by atoms with Gasteiger partial charge in [0.2, 0.25) is 0 Å². The SMILES string of the molecule is CN(c1ncccc1C#N)C1CN(c2ccc(C(C)(C)C)nn2)C1. The Morgan fingerprint density at radius 2 is 1.96 bits per heavy atom. The molecule has 2 aromatic rings. The molecule has 0 unspecified atom stereocenters. The number of likely N-dealkylation sites (N-methyl/N-ethyl adjacent to an activating group) is 1. The summed E-state index contributed by atoms with van der Waals surface area (Å²) in [5, 5.41) is 17.9. The topological polar surface area (TPSA) is 68.9 Å². The third-order valence-electron chi connectivity index (χ3n) is 4.39. The monoisotopic (exact) mass is 322 g/mol. The Labute approximate surface area is 142 Å². The first-order valence-corrected chi connectivity index (χ1v) is 8.07. The van der Waals surface area contributed by atoms with Gasteiger partial charge >= 0.3 is 0 Å². The van der Waals surface area contributed by atoms with Crippen molar-refractivity contribution in [1.82, 2.24) is 15.2 Å². The van der Waals surface area contributed by atoms with E-state index < -0.39 is 0 Å². The fourth-order valence-electron chi connectivity index (χ4n) is 2.72. The first-order valence-electron chi connectivity index (χ1n) is 8.07. The summed E-state index contributed by atoms with van der Waals surface area (Å²) in [6.07, 6.45) is 1.72. The summed E-state index contributed by atoms with van der Waals surface area (Å²) in [4.78, 5) is 8.61. The largest absolute Gasteiger partial charge is 0.352 e. The molecule has 3 heterocycles.